The molecule has 0 saturated carbocycles. The molecule has 0 saturated heterocycles. The number of amides is 3. The number of aromatic nitrogens is 1. The molecule has 2 aromatic rings. The Balaban J connectivity index is 2.04. The second-order valence-electron chi connectivity index (χ2n) is 7.12. The maximum absolute atomic E-state index is 12.5. The third-order valence-electron chi connectivity index (χ3n) is 4.68. The molecule has 0 spiro atoms. The number of benzene rings is 1. The summed E-state index contributed by atoms with van der Waals surface area (Å²) < 4.78 is 0. The number of hydrogen-bond acceptors (Lipinski definition) is 6. The second kappa shape index (κ2) is 10.9. The van der Waals surface area contributed by atoms with E-state index in [9.17, 15) is 29.1 Å². The Morgan fingerprint density at radius 3 is 2.31 bits per heavy atom. The molecule has 32 heavy (non-hydrogen) atoms. The number of nitrogens with two attached hydrogens (primary N) is 1. The molecule has 0 bridgehead atoms. The predicted molar refractivity (Wildman–Crippen MR) is 112 cm³/mol. The van der Waals surface area contributed by atoms with Crippen molar-refractivity contribution >= 4 is 40.6 Å². The minimum absolute atomic E-state index is 0.0000499. The number of carbonyl (C=O) groups is 5. The summed E-state index contributed by atoms with van der Waals surface area (Å²) in [4.78, 5) is 61.9. The van der Waals surface area contributed by atoms with Gasteiger partial charge in [-0.2, -0.15) is 0 Å². The van der Waals surface area contributed by atoms with E-state index in [2.05, 4.69) is 20.9 Å². The van der Waals surface area contributed by atoms with E-state index < -0.39 is 60.8 Å². The highest BCUT2D eigenvalue weighted by atomic mass is 16.4. The van der Waals surface area contributed by atoms with Gasteiger partial charge in [-0.25, -0.2) is 4.79 Å². The standard InChI is InChI=1S/C20H25N5O7/c1-10(23-19(30)14(7-17(27)28)24-16(26)8-21)18(29)25-15(20(31)32)6-11-9-22-13-5-3-2-4-12(11)13/h2-5,9-10,14-15,22H,6-8,21H2,1H3,(H,23,30)(H,24,26)(H,25,29)(H,27,28)(H,31,32). The molecule has 3 unspecified atom stereocenters. The van der Waals surface area contributed by atoms with E-state index in [1.165, 1.54) is 6.92 Å². The van der Waals surface area contributed by atoms with Gasteiger partial charge >= 0.3 is 11.9 Å². The number of carbonyl (C=O) groups excluding carboxylic acids is 3. The average molecular weight is 447 g/mol. The van der Waals surface area contributed by atoms with E-state index >= 15 is 0 Å². The molecule has 2 rings (SSSR count). The van der Waals surface area contributed by atoms with Crippen LogP contribution in [0.1, 0.15) is 18.9 Å². The zero-order chi connectivity index (χ0) is 23.8. The van der Waals surface area contributed by atoms with Crippen molar-refractivity contribution in [2.75, 3.05) is 6.54 Å². The van der Waals surface area contributed by atoms with Gasteiger partial charge in [-0.15, -0.1) is 0 Å². The molecule has 8 N–H and O–H groups in total. The van der Waals surface area contributed by atoms with Crippen molar-refractivity contribution in [3.8, 4) is 0 Å². The number of fused-ring (bicyclic) bond motifs is 1. The van der Waals surface area contributed by atoms with E-state index in [1.807, 2.05) is 24.3 Å². The minimum Gasteiger partial charge on any atom is -0.481 e. The van der Waals surface area contributed by atoms with Crippen LogP contribution in [0.2, 0.25) is 0 Å². The van der Waals surface area contributed by atoms with Crippen molar-refractivity contribution in [3.63, 3.8) is 0 Å². The third kappa shape index (κ3) is 6.54. The largest absolute Gasteiger partial charge is 0.481 e. The highest BCUT2D eigenvalue weighted by Gasteiger charge is 2.28. The molecule has 12 heteroatoms. The lowest BCUT2D eigenvalue weighted by Crippen LogP contribution is -2.55. The van der Waals surface area contributed by atoms with Crippen LogP contribution in [0.3, 0.4) is 0 Å². The molecule has 0 aliphatic carbocycles. The van der Waals surface area contributed by atoms with Crippen LogP contribution in [0.15, 0.2) is 30.5 Å². The summed E-state index contributed by atoms with van der Waals surface area (Å²) in [6.07, 6.45) is 0.943. The van der Waals surface area contributed by atoms with Crippen LogP contribution >= 0.6 is 0 Å². The quantitative estimate of drug-likeness (QED) is 0.220. The fourth-order valence-corrected chi connectivity index (χ4v) is 3.03. The molecule has 0 fully saturated rings. The molecular formula is C20H25N5O7. The average Bonchev–Trinajstić information content (AvgIpc) is 3.14. The number of carboxylic acid groups (broad SMARTS) is 2. The van der Waals surface area contributed by atoms with Crippen molar-refractivity contribution in [2.45, 2.75) is 37.9 Å². The summed E-state index contributed by atoms with van der Waals surface area (Å²) in [6.45, 7) is 0.855. The van der Waals surface area contributed by atoms with Crippen LogP contribution in [0.25, 0.3) is 10.9 Å². The van der Waals surface area contributed by atoms with Gasteiger partial charge in [-0.05, 0) is 18.6 Å². The minimum atomic E-state index is -1.44. The van der Waals surface area contributed by atoms with Crippen LogP contribution in [-0.2, 0) is 30.4 Å². The number of aromatic amines is 1. The van der Waals surface area contributed by atoms with E-state index in [1.54, 1.807) is 6.20 Å². The first kappa shape index (κ1) is 24.3. The van der Waals surface area contributed by atoms with Crippen molar-refractivity contribution in [1.82, 2.24) is 20.9 Å². The fourth-order valence-electron chi connectivity index (χ4n) is 3.03. The van der Waals surface area contributed by atoms with Crippen molar-refractivity contribution in [1.29, 1.82) is 0 Å². The molecule has 0 aliphatic heterocycles. The molecule has 0 radical (unpaired) electrons. The Morgan fingerprint density at radius 2 is 1.69 bits per heavy atom. The van der Waals surface area contributed by atoms with E-state index in [4.69, 9.17) is 10.8 Å². The highest BCUT2D eigenvalue weighted by molar-refractivity contribution is 5.95. The lowest BCUT2D eigenvalue weighted by Gasteiger charge is -2.21. The van der Waals surface area contributed by atoms with Gasteiger partial charge in [0.25, 0.3) is 0 Å². The van der Waals surface area contributed by atoms with Gasteiger partial charge < -0.3 is 36.9 Å². The Morgan fingerprint density at radius 1 is 1.00 bits per heavy atom. The van der Waals surface area contributed by atoms with Crippen LogP contribution in [0.4, 0.5) is 0 Å². The molecule has 3 amide bonds. The Kier molecular flexibility index (Phi) is 8.30. The molecule has 1 aromatic heterocycles. The van der Waals surface area contributed by atoms with Gasteiger partial charge in [0, 0.05) is 23.5 Å². The Labute approximate surface area is 182 Å². The van der Waals surface area contributed by atoms with Gasteiger partial charge in [0.05, 0.1) is 13.0 Å². The van der Waals surface area contributed by atoms with E-state index in [0.717, 1.165) is 10.9 Å². The van der Waals surface area contributed by atoms with Crippen LogP contribution in [0.5, 0.6) is 0 Å². The maximum atomic E-state index is 12.5. The molecule has 0 aliphatic rings. The summed E-state index contributed by atoms with van der Waals surface area (Å²) in [7, 11) is 0. The van der Waals surface area contributed by atoms with Gasteiger partial charge in [-0.1, -0.05) is 18.2 Å². The summed E-state index contributed by atoms with van der Waals surface area (Å²) in [5.74, 6) is -5.05. The summed E-state index contributed by atoms with van der Waals surface area (Å²) in [5, 5.41) is 26.1. The first-order valence-electron chi connectivity index (χ1n) is 9.72. The number of hydrogen-bond donors (Lipinski definition) is 7. The molecule has 172 valence electrons. The number of H-pyrrole nitrogens is 1. The number of carboxylic acids is 2. The molecular weight excluding hydrogens is 422 g/mol. The normalized spacial score (nSPS) is 13.6. The van der Waals surface area contributed by atoms with Crippen molar-refractivity contribution in [3.05, 3.63) is 36.0 Å². The smallest absolute Gasteiger partial charge is 0.326 e. The SMILES string of the molecule is CC(NC(=O)C(CC(=O)O)NC(=O)CN)C(=O)NC(Cc1c[nH]c2ccccc12)C(=O)O. The molecule has 1 aromatic carbocycles. The summed E-state index contributed by atoms with van der Waals surface area (Å²) >= 11 is 0. The lowest BCUT2D eigenvalue weighted by atomic mass is 10.0. The van der Waals surface area contributed by atoms with Crippen LogP contribution in [-0.4, -0.2) is 69.5 Å². The Hall–Kier alpha value is -3.93. The van der Waals surface area contributed by atoms with Gasteiger partial charge in [0.1, 0.15) is 18.1 Å². The Bertz CT molecular complexity index is 1020. The summed E-state index contributed by atoms with van der Waals surface area (Å²) in [5.41, 5.74) is 6.67. The zero-order valence-corrected chi connectivity index (χ0v) is 17.3. The highest BCUT2D eigenvalue weighted by Crippen LogP contribution is 2.19. The fraction of sp³-hybridized carbons (Fsp3) is 0.350. The second-order valence-corrected chi connectivity index (χ2v) is 7.12. The first-order valence-corrected chi connectivity index (χ1v) is 9.72. The monoisotopic (exact) mass is 447 g/mol. The van der Waals surface area contributed by atoms with E-state index in [-0.39, 0.29) is 6.42 Å². The molecule has 12 nitrogen and oxygen atoms in total. The van der Waals surface area contributed by atoms with Gasteiger partial charge in [-0.3, -0.25) is 19.2 Å². The number of para-hydroxylation sites is 1. The van der Waals surface area contributed by atoms with Crippen molar-refractivity contribution < 1.29 is 34.2 Å². The summed E-state index contributed by atoms with van der Waals surface area (Å²) in [6, 6.07) is 3.39. The van der Waals surface area contributed by atoms with Crippen molar-refractivity contribution in [2.24, 2.45) is 5.73 Å². The van der Waals surface area contributed by atoms with Gasteiger partial charge in [0.15, 0.2) is 0 Å². The number of aliphatic carboxylic acids is 2. The third-order valence-corrected chi connectivity index (χ3v) is 4.68. The van der Waals surface area contributed by atoms with Crippen LogP contribution in [0, 0.1) is 0 Å². The molecule has 3 atom stereocenters. The number of nitrogens with one attached hydrogen (secondary N) is 4. The number of rotatable bonds is 11. The predicted octanol–water partition coefficient (Wildman–Crippen LogP) is -1.30. The maximum Gasteiger partial charge on any atom is 0.326 e. The van der Waals surface area contributed by atoms with E-state index in [0.29, 0.717) is 5.56 Å². The topological polar surface area (TPSA) is 204 Å². The lowest BCUT2D eigenvalue weighted by molar-refractivity contribution is -0.143. The molecule has 1 heterocycles. The zero-order valence-electron chi connectivity index (χ0n) is 17.3. The van der Waals surface area contributed by atoms with Crippen LogP contribution < -0.4 is 21.7 Å². The first-order chi connectivity index (χ1) is 15.1. The van der Waals surface area contributed by atoms with Gasteiger partial charge in [0.2, 0.25) is 17.7 Å².